The van der Waals surface area contributed by atoms with E-state index in [1.165, 1.54) is 0 Å². The molecule has 0 saturated heterocycles. The summed E-state index contributed by atoms with van der Waals surface area (Å²) in [4.78, 5) is 0. The average molecular weight is 175 g/mol. The van der Waals surface area contributed by atoms with Gasteiger partial charge in [0.25, 0.3) is 0 Å². The maximum Gasteiger partial charge on any atom is 0.0682 e. The minimum atomic E-state index is 0.0827. The third-order valence-electron chi connectivity index (χ3n) is 2.30. The van der Waals surface area contributed by atoms with Crippen LogP contribution < -0.4 is 5.73 Å². The Morgan fingerprint density at radius 2 is 2.23 bits per heavy atom. The van der Waals surface area contributed by atoms with Gasteiger partial charge in [-0.25, -0.2) is 0 Å². The third-order valence-corrected chi connectivity index (χ3v) is 2.30. The van der Waals surface area contributed by atoms with Gasteiger partial charge in [-0.1, -0.05) is 12.1 Å². The number of hydrogen-bond acceptors (Lipinski definition) is 2. The smallest absolute Gasteiger partial charge is 0.0682 e. The van der Waals surface area contributed by atoms with Crippen LogP contribution in [-0.2, 0) is 7.05 Å². The summed E-state index contributed by atoms with van der Waals surface area (Å²) >= 11 is 0. The van der Waals surface area contributed by atoms with Crippen molar-refractivity contribution in [2.24, 2.45) is 12.8 Å². The highest BCUT2D eigenvalue weighted by Gasteiger charge is 2.03. The summed E-state index contributed by atoms with van der Waals surface area (Å²) in [5, 5.41) is 5.33. The molecule has 0 amide bonds. The lowest BCUT2D eigenvalue weighted by Gasteiger charge is -2.05. The maximum absolute atomic E-state index is 5.79. The van der Waals surface area contributed by atoms with Crippen molar-refractivity contribution in [1.29, 1.82) is 0 Å². The van der Waals surface area contributed by atoms with Gasteiger partial charge in [0, 0.05) is 18.5 Å². The highest BCUT2D eigenvalue weighted by Crippen LogP contribution is 2.18. The summed E-state index contributed by atoms with van der Waals surface area (Å²) in [5.74, 6) is 0. The van der Waals surface area contributed by atoms with Crippen LogP contribution in [0.2, 0.25) is 0 Å². The fourth-order valence-corrected chi connectivity index (χ4v) is 1.44. The van der Waals surface area contributed by atoms with Crippen molar-refractivity contribution in [2.75, 3.05) is 0 Å². The molecule has 0 aliphatic heterocycles. The van der Waals surface area contributed by atoms with Gasteiger partial charge in [-0.2, -0.15) is 5.10 Å². The van der Waals surface area contributed by atoms with Gasteiger partial charge in [-0.05, 0) is 18.6 Å². The molecule has 0 bridgehead atoms. The SMILES string of the molecule is CC(N)c1ccc2cnn(C)c2c1. The van der Waals surface area contributed by atoms with Crippen LogP contribution in [-0.4, -0.2) is 9.78 Å². The topological polar surface area (TPSA) is 43.8 Å². The molecule has 13 heavy (non-hydrogen) atoms. The lowest BCUT2D eigenvalue weighted by atomic mass is 10.1. The van der Waals surface area contributed by atoms with E-state index >= 15 is 0 Å². The van der Waals surface area contributed by atoms with Crippen LogP contribution in [0.5, 0.6) is 0 Å². The molecule has 0 spiro atoms. The van der Waals surface area contributed by atoms with Crippen LogP contribution >= 0.6 is 0 Å². The number of nitrogens with two attached hydrogens (primary N) is 1. The number of rotatable bonds is 1. The van der Waals surface area contributed by atoms with E-state index in [9.17, 15) is 0 Å². The van der Waals surface area contributed by atoms with Crippen LogP contribution in [0.3, 0.4) is 0 Å². The second-order valence-corrected chi connectivity index (χ2v) is 3.38. The molecule has 1 unspecified atom stereocenters. The molecule has 0 aliphatic carbocycles. The summed E-state index contributed by atoms with van der Waals surface area (Å²) in [7, 11) is 1.94. The highest BCUT2D eigenvalue weighted by molar-refractivity contribution is 5.79. The number of hydrogen-bond donors (Lipinski definition) is 1. The Morgan fingerprint density at radius 3 is 2.92 bits per heavy atom. The van der Waals surface area contributed by atoms with Crippen LogP contribution in [0.25, 0.3) is 10.9 Å². The first kappa shape index (κ1) is 8.26. The molecule has 3 nitrogen and oxygen atoms in total. The number of aryl methyl sites for hydroxylation is 1. The molecule has 0 aliphatic rings. The Labute approximate surface area is 77.2 Å². The van der Waals surface area contributed by atoms with Crippen LogP contribution in [0.15, 0.2) is 24.4 Å². The highest BCUT2D eigenvalue weighted by atomic mass is 15.2. The summed E-state index contributed by atoms with van der Waals surface area (Å²) in [6, 6.07) is 6.28. The minimum Gasteiger partial charge on any atom is -0.324 e. The van der Waals surface area contributed by atoms with Gasteiger partial charge in [0.1, 0.15) is 0 Å². The zero-order chi connectivity index (χ0) is 9.42. The lowest BCUT2D eigenvalue weighted by molar-refractivity contribution is 0.790. The molecule has 2 rings (SSSR count). The predicted octanol–water partition coefficient (Wildman–Crippen LogP) is 1.59. The van der Waals surface area contributed by atoms with E-state index in [-0.39, 0.29) is 6.04 Å². The number of aromatic nitrogens is 2. The van der Waals surface area contributed by atoms with E-state index in [0.29, 0.717) is 0 Å². The Kier molecular flexibility index (Phi) is 1.81. The average Bonchev–Trinajstić information content (AvgIpc) is 2.47. The summed E-state index contributed by atoms with van der Waals surface area (Å²) < 4.78 is 1.86. The molecule has 0 radical (unpaired) electrons. The molecule has 3 heteroatoms. The number of nitrogens with zero attached hydrogens (tertiary/aromatic N) is 2. The van der Waals surface area contributed by atoms with Crippen molar-refractivity contribution in [3.63, 3.8) is 0 Å². The monoisotopic (exact) mass is 175 g/mol. The molecule has 1 heterocycles. The first-order valence-electron chi connectivity index (χ1n) is 4.36. The molecule has 1 atom stereocenters. The largest absolute Gasteiger partial charge is 0.324 e. The standard InChI is InChI=1S/C10H13N3/c1-7(11)8-3-4-9-6-12-13(2)10(9)5-8/h3-7H,11H2,1-2H3. The molecule has 0 saturated carbocycles. The number of fused-ring (bicyclic) bond motifs is 1. The van der Waals surface area contributed by atoms with Gasteiger partial charge in [0.05, 0.1) is 11.7 Å². The van der Waals surface area contributed by atoms with Crippen molar-refractivity contribution >= 4 is 10.9 Å². The zero-order valence-electron chi connectivity index (χ0n) is 7.86. The van der Waals surface area contributed by atoms with Gasteiger partial charge in [-0.15, -0.1) is 0 Å². The molecule has 2 N–H and O–H groups in total. The second-order valence-electron chi connectivity index (χ2n) is 3.38. The van der Waals surface area contributed by atoms with E-state index in [2.05, 4.69) is 23.3 Å². The van der Waals surface area contributed by atoms with E-state index in [1.54, 1.807) is 0 Å². The van der Waals surface area contributed by atoms with Crippen molar-refractivity contribution in [3.05, 3.63) is 30.0 Å². The Balaban J connectivity index is 2.66. The summed E-state index contributed by atoms with van der Waals surface area (Å²) in [6.07, 6.45) is 1.86. The van der Waals surface area contributed by atoms with E-state index in [4.69, 9.17) is 5.73 Å². The first-order chi connectivity index (χ1) is 6.18. The Hall–Kier alpha value is -1.35. The molecule has 1 aromatic heterocycles. The van der Waals surface area contributed by atoms with E-state index in [1.807, 2.05) is 24.9 Å². The second kappa shape index (κ2) is 2.85. The fourth-order valence-electron chi connectivity index (χ4n) is 1.44. The predicted molar refractivity (Wildman–Crippen MR) is 53.3 cm³/mol. The molecule has 0 fully saturated rings. The molecule has 2 aromatic rings. The summed E-state index contributed by atoms with van der Waals surface area (Å²) in [6.45, 7) is 1.98. The fraction of sp³-hybridized carbons (Fsp3) is 0.300. The minimum absolute atomic E-state index is 0.0827. The van der Waals surface area contributed by atoms with Crippen molar-refractivity contribution in [1.82, 2.24) is 9.78 Å². The van der Waals surface area contributed by atoms with Gasteiger partial charge >= 0.3 is 0 Å². The molecular formula is C10H13N3. The molecule has 1 aromatic carbocycles. The lowest BCUT2D eigenvalue weighted by Crippen LogP contribution is -2.04. The van der Waals surface area contributed by atoms with Crippen LogP contribution in [0.1, 0.15) is 18.5 Å². The first-order valence-corrected chi connectivity index (χ1v) is 4.36. The van der Waals surface area contributed by atoms with Crippen LogP contribution in [0, 0.1) is 0 Å². The zero-order valence-corrected chi connectivity index (χ0v) is 7.86. The van der Waals surface area contributed by atoms with Gasteiger partial charge < -0.3 is 5.73 Å². The van der Waals surface area contributed by atoms with Crippen LogP contribution in [0.4, 0.5) is 0 Å². The molecule has 68 valence electrons. The van der Waals surface area contributed by atoms with E-state index in [0.717, 1.165) is 16.5 Å². The number of benzene rings is 1. The van der Waals surface area contributed by atoms with Gasteiger partial charge in [0.2, 0.25) is 0 Å². The van der Waals surface area contributed by atoms with Gasteiger partial charge in [-0.3, -0.25) is 4.68 Å². The van der Waals surface area contributed by atoms with E-state index < -0.39 is 0 Å². The van der Waals surface area contributed by atoms with Crippen molar-refractivity contribution in [3.8, 4) is 0 Å². The van der Waals surface area contributed by atoms with Crippen molar-refractivity contribution < 1.29 is 0 Å². The molecular weight excluding hydrogens is 162 g/mol. The Bertz CT molecular complexity index is 429. The normalized spacial score (nSPS) is 13.5. The van der Waals surface area contributed by atoms with Gasteiger partial charge in [0.15, 0.2) is 0 Å². The summed E-state index contributed by atoms with van der Waals surface area (Å²) in [5.41, 5.74) is 8.08. The van der Waals surface area contributed by atoms with Crippen molar-refractivity contribution in [2.45, 2.75) is 13.0 Å². The Morgan fingerprint density at radius 1 is 1.46 bits per heavy atom. The maximum atomic E-state index is 5.79. The third kappa shape index (κ3) is 1.31. The quantitative estimate of drug-likeness (QED) is 0.715.